The lowest BCUT2D eigenvalue weighted by Crippen LogP contribution is -2.02. The van der Waals surface area contributed by atoms with Gasteiger partial charge < -0.3 is 14.8 Å². The Labute approximate surface area is 109 Å². The molecule has 19 heavy (non-hydrogen) atoms. The molecular formula is C13H14F2N2O2. The first-order valence-corrected chi connectivity index (χ1v) is 5.69. The Morgan fingerprint density at radius 1 is 1.32 bits per heavy atom. The Hall–Kier alpha value is -1.95. The van der Waals surface area contributed by atoms with Crippen LogP contribution in [-0.4, -0.2) is 25.8 Å². The summed E-state index contributed by atoms with van der Waals surface area (Å²) in [6, 6.07) is 6.47. The Bertz CT molecular complexity index is 576. The van der Waals surface area contributed by atoms with Gasteiger partial charge in [-0.1, -0.05) is 0 Å². The van der Waals surface area contributed by atoms with Crippen LogP contribution in [0.15, 0.2) is 24.3 Å². The van der Waals surface area contributed by atoms with E-state index >= 15 is 0 Å². The van der Waals surface area contributed by atoms with Crippen molar-refractivity contribution >= 4 is 16.6 Å². The van der Waals surface area contributed by atoms with E-state index < -0.39 is 6.61 Å². The lowest BCUT2D eigenvalue weighted by molar-refractivity contribution is -0.0497. The number of pyridine rings is 1. The number of fused-ring (bicyclic) bond motifs is 1. The van der Waals surface area contributed by atoms with Crippen molar-refractivity contribution in [1.82, 2.24) is 4.98 Å². The molecule has 102 valence electrons. The minimum atomic E-state index is -2.84. The average molecular weight is 268 g/mol. The third-order valence-electron chi connectivity index (χ3n) is 2.62. The second-order valence-electron chi connectivity index (χ2n) is 3.90. The van der Waals surface area contributed by atoms with Crippen LogP contribution in [0.25, 0.3) is 10.9 Å². The SMILES string of the molecule is CNc1cc(COC)nc2ccc(OC(F)F)cc12. The van der Waals surface area contributed by atoms with E-state index in [9.17, 15) is 8.78 Å². The molecule has 2 aromatic rings. The van der Waals surface area contributed by atoms with Gasteiger partial charge in [0.25, 0.3) is 0 Å². The molecule has 4 nitrogen and oxygen atoms in total. The third-order valence-corrected chi connectivity index (χ3v) is 2.62. The lowest BCUT2D eigenvalue weighted by atomic mass is 10.1. The van der Waals surface area contributed by atoms with E-state index in [1.807, 2.05) is 6.07 Å². The highest BCUT2D eigenvalue weighted by atomic mass is 19.3. The van der Waals surface area contributed by atoms with Gasteiger partial charge in [-0.3, -0.25) is 4.98 Å². The number of rotatable bonds is 5. The monoisotopic (exact) mass is 268 g/mol. The van der Waals surface area contributed by atoms with Crippen molar-refractivity contribution in [1.29, 1.82) is 0 Å². The molecule has 0 spiro atoms. The maximum atomic E-state index is 12.2. The van der Waals surface area contributed by atoms with Gasteiger partial charge in [-0.05, 0) is 24.3 Å². The predicted octanol–water partition coefficient (Wildman–Crippen LogP) is 3.02. The molecule has 1 aromatic carbocycles. The van der Waals surface area contributed by atoms with Gasteiger partial charge in [-0.25, -0.2) is 0 Å². The first-order chi connectivity index (χ1) is 9.13. The molecule has 0 saturated carbocycles. The first-order valence-electron chi connectivity index (χ1n) is 5.69. The molecule has 0 aliphatic heterocycles. The number of hydrogen-bond acceptors (Lipinski definition) is 4. The quantitative estimate of drug-likeness (QED) is 0.905. The molecule has 0 unspecified atom stereocenters. The van der Waals surface area contributed by atoms with Crippen molar-refractivity contribution in [3.8, 4) is 5.75 Å². The summed E-state index contributed by atoms with van der Waals surface area (Å²) in [4.78, 5) is 4.39. The summed E-state index contributed by atoms with van der Waals surface area (Å²) in [5.74, 6) is 0.111. The van der Waals surface area contributed by atoms with E-state index in [0.717, 1.165) is 16.8 Å². The van der Waals surface area contributed by atoms with Gasteiger partial charge in [0.1, 0.15) is 5.75 Å². The normalized spacial score (nSPS) is 11.0. The van der Waals surface area contributed by atoms with E-state index in [-0.39, 0.29) is 5.75 Å². The van der Waals surface area contributed by atoms with Crippen LogP contribution >= 0.6 is 0 Å². The topological polar surface area (TPSA) is 43.4 Å². The summed E-state index contributed by atoms with van der Waals surface area (Å²) < 4.78 is 33.8. The molecule has 1 aromatic heterocycles. The van der Waals surface area contributed by atoms with Crippen LogP contribution in [0.2, 0.25) is 0 Å². The number of ether oxygens (including phenoxy) is 2. The highest BCUT2D eigenvalue weighted by Gasteiger charge is 2.09. The number of anilines is 1. The fourth-order valence-corrected chi connectivity index (χ4v) is 1.86. The van der Waals surface area contributed by atoms with Crippen LogP contribution in [0.4, 0.5) is 14.5 Å². The molecule has 0 aliphatic rings. The second kappa shape index (κ2) is 5.79. The number of halogens is 2. The Morgan fingerprint density at radius 3 is 2.74 bits per heavy atom. The van der Waals surface area contributed by atoms with Crippen molar-refractivity contribution in [3.05, 3.63) is 30.0 Å². The van der Waals surface area contributed by atoms with Gasteiger partial charge in [-0.15, -0.1) is 0 Å². The van der Waals surface area contributed by atoms with Gasteiger partial charge >= 0.3 is 6.61 Å². The zero-order valence-corrected chi connectivity index (χ0v) is 10.6. The van der Waals surface area contributed by atoms with E-state index in [4.69, 9.17) is 4.74 Å². The Kier molecular flexibility index (Phi) is 4.11. The fourth-order valence-electron chi connectivity index (χ4n) is 1.86. The van der Waals surface area contributed by atoms with Gasteiger partial charge in [0.05, 0.1) is 17.8 Å². The van der Waals surface area contributed by atoms with Crippen LogP contribution in [0.3, 0.4) is 0 Å². The average Bonchev–Trinajstić information content (AvgIpc) is 2.38. The molecule has 0 radical (unpaired) electrons. The Balaban J connectivity index is 2.49. The van der Waals surface area contributed by atoms with E-state index in [2.05, 4.69) is 15.0 Å². The third kappa shape index (κ3) is 3.08. The fraction of sp³-hybridized carbons (Fsp3) is 0.308. The van der Waals surface area contributed by atoms with Crippen molar-refractivity contribution in [2.45, 2.75) is 13.2 Å². The summed E-state index contributed by atoms with van der Waals surface area (Å²) in [7, 11) is 3.34. The van der Waals surface area contributed by atoms with Gasteiger partial charge in [-0.2, -0.15) is 8.78 Å². The molecule has 1 heterocycles. The van der Waals surface area contributed by atoms with Crippen molar-refractivity contribution in [2.75, 3.05) is 19.5 Å². The molecule has 6 heteroatoms. The second-order valence-corrected chi connectivity index (χ2v) is 3.90. The van der Waals surface area contributed by atoms with Gasteiger partial charge in [0.15, 0.2) is 0 Å². The Morgan fingerprint density at radius 2 is 2.11 bits per heavy atom. The number of alkyl halides is 2. The molecule has 1 N–H and O–H groups in total. The first kappa shape index (κ1) is 13.5. The zero-order chi connectivity index (χ0) is 13.8. The molecule has 2 rings (SSSR count). The summed E-state index contributed by atoms with van der Waals surface area (Å²) in [6.07, 6.45) is 0. The maximum Gasteiger partial charge on any atom is 0.387 e. The number of nitrogens with zero attached hydrogens (tertiary/aromatic N) is 1. The lowest BCUT2D eigenvalue weighted by Gasteiger charge is -2.11. The van der Waals surface area contributed by atoms with Crippen LogP contribution in [0.1, 0.15) is 5.69 Å². The molecule has 0 bridgehead atoms. The van der Waals surface area contributed by atoms with Gasteiger partial charge in [0.2, 0.25) is 0 Å². The van der Waals surface area contributed by atoms with Crippen LogP contribution < -0.4 is 10.1 Å². The predicted molar refractivity (Wildman–Crippen MR) is 68.6 cm³/mol. The summed E-state index contributed by atoms with van der Waals surface area (Å²) >= 11 is 0. The molecule has 0 atom stereocenters. The molecule has 0 amide bonds. The highest BCUT2D eigenvalue weighted by Crippen LogP contribution is 2.28. The van der Waals surface area contributed by atoms with Crippen molar-refractivity contribution in [3.63, 3.8) is 0 Å². The van der Waals surface area contributed by atoms with Crippen LogP contribution in [0.5, 0.6) is 5.75 Å². The van der Waals surface area contributed by atoms with E-state index in [0.29, 0.717) is 12.1 Å². The minimum absolute atomic E-state index is 0.111. The number of aromatic nitrogens is 1. The maximum absolute atomic E-state index is 12.2. The smallest absolute Gasteiger partial charge is 0.387 e. The van der Waals surface area contributed by atoms with Crippen LogP contribution in [-0.2, 0) is 11.3 Å². The van der Waals surface area contributed by atoms with Crippen LogP contribution in [0, 0.1) is 0 Å². The zero-order valence-electron chi connectivity index (χ0n) is 10.6. The highest BCUT2D eigenvalue weighted by molar-refractivity contribution is 5.92. The number of benzene rings is 1. The van der Waals surface area contributed by atoms with Gasteiger partial charge in [0, 0.05) is 25.2 Å². The summed E-state index contributed by atoms with van der Waals surface area (Å²) in [5, 5.41) is 3.73. The van der Waals surface area contributed by atoms with Crippen molar-refractivity contribution in [2.24, 2.45) is 0 Å². The number of nitrogens with one attached hydrogen (secondary N) is 1. The summed E-state index contributed by atoms with van der Waals surface area (Å²) in [6.45, 7) is -2.45. The summed E-state index contributed by atoms with van der Waals surface area (Å²) in [5.41, 5.74) is 2.25. The molecule has 0 fully saturated rings. The van der Waals surface area contributed by atoms with E-state index in [1.165, 1.54) is 12.1 Å². The van der Waals surface area contributed by atoms with E-state index in [1.54, 1.807) is 20.2 Å². The molecule has 0 aliphatic carbocycles. The standard InChI is InChI=1S/C13H14F2N2O2/c1-16-12-5-8(7-18-2)17-11-4-3-9(6-10(11)12)19-13(14)15/h3-6,13H,7H2,1-2H3,(H,16,17). The van der Waals surface area contributed by atoms with Crippen molar-refractivity contribution < 1.29 is 18.3 Å². The number of methoxy groups -OCH3 is 1. The molecular weight excluding hydrogens is 254 g/mol. The largest absolute Gasteiger partial charge is 0.435 e. The minimum Gasteiger partial charge on any atom is -0.435 e. The molecule has 0 saturated heterocycles. The number of hydrogen-bond donors (Lipinski definition) is 1.